The Morgan fingerprint density at radius 1 is 0.792 bits per heavy atom. The molecule has 1 aromatic heterocycles. The number of imidazole rings is 1. The summed E-state index contributed by atoms with van der Waals surface area (Å²) in [6.45, 7) is 4.58. The third-order valence-corrected chi connectivity index (χ3v) is 8.22. The zero-order chi connectivity index (χ0) is 33.8. The van der Waals surface area contributed by atoms with Crippen LogP contribution < -0.4 is 10.6 Å². The second-order valence-electron chi connectivity index (χ2n) is 12.3. The van der Waals surface area contributed by atoms with Crippen LogP contribution in [-0.2, 0) is 32.9 Å². The van der Waals surface area contributed by atoms with Gasteiger partial charge in [0.25, 0.3) is 0 Å². The van der Waals surface area contributed by atoms with E-state index in [1.807, 2.05) is 115 Å². The first-order chi connectivity index (χ1) is 23.3. The van der Waals surface area contributed by atoms with Gasteiger partial charge in [0.1, 0.15) is 6.61 Å². The fourth-order valence-electron chi connectivity index (χ4n) is 5.37. The topological polar surface area (TPSA) is 116 Å². The molecule has 0 bridgehead atoms. The molecule has 246 valence electrons. The van der Waals surface area contributed by atoms with Crippen molar-refractivity contribution in [1.82, 2.24) is 25.5 Å². The lowest BCUT2D eigenvalue weighted by Crippen LogP contribution is -2.46. The van der Waals surface area contributed by atoms with Crippen molar-refractivity contribution in [1.29, 1.82) is 0 Å². The number of amides is 3. The Hall–Kier alpha value is -5.70. The number of nitrogens with zero attached hydrogens (tertiary/aromatic N) is 2. The van der Waals surface area contributed by atoms with Gasteiger partial charge >= 0.3 is 6.09 Å². The van der Waals surface area contributed by atoms with Crippen LogP contribution in [0.25, 0.3) is 11.1 Å². The van der Waals surface area contributed by atoms with Crippen LogP contribution in [0.2, 0.25) is 0 Å². The number of benzene rings is 4. The lowest BCUT2D eigenvalue weighted by molar-refractivity contribution is -0.138. The van der Waals surface area contributed by atoms with Gasteiger partial charge in [0, 0.05) is 36.9 Å². The second kappa shape index (κ2) is 16.2. The molecular formula is C39H41N5O4. The lowest BCUT2D eigenvalue weighted by Gasteiger charge is -2.29. The molecule has 0 saturated heterocycles. The minimum atomic E-state index is -0.839. The van der Waals surface area contributed by atoms with Gasteiger partial charge in [0.2, 0.25) is 11.8 Å². The third kappa shape index (κ3) is 9.42. The Labute approximate surface area is 281 Å². The fourth-order valence-corrected chi connectivity index (χ4v) is 5.37. The molecular weight excluding hydrogens is 602 g/mol. The van der Waals surface area contributed by atoms with Crippen molar-refractivity contribution in [3.8, 4) is 11.1 Å². The van der Waals surface area contributed by atoms with E-state index in [1.54, 1.807) is 6.20 Å². The first kappa shape index (κ1) is 33.7. The molecule has 5 rings (SSSR count). The summed E-state index contributed by atoms with van der Waals surface area (Å²) in [7, 11) is 0. The van der Waals surface area contributed by atoms with E-state index in [9.17, 15) is 14.4 Å². The number of aromatic amines is 1. The van der Waals surface area contributed by atoms with Gasteiger partial charge in [-0.05, 0) is 27.8 Å². The molecule has 9 heteroatoms. The van der Waals surface area contributed by atoms with Crippen LogP contribution in [0.4, 0.5) is 4.79 Å². The highest BCUT2D eigenvalue weighted by atomic mass is 16.5. The number of rotatable bonds is 14. The summed E-state index contributed by atoms with van der Waals surface area (Å²) in [6.07, 6.45) is 2.38. The van der Waals surface area contributed by atoms with Crippen LogP contribution in [0, 0.1) is 0 Å². The normalized spacial score (nSPS) is 11.7. The fraction of sp³-hybridized carbons (Fsp3) is 0.231. The molecule has 1 atom stereocenters. The van der Waals surface area contributed by atoms with Crippen molar-refractivity contribution in [2.75, 3.05) is 19.6 Å². The summed E-state index contributed by atoms with van der Waals surface area (Å²) in [5.74, 6) is -1.46. The van der Waals surface area contributed by atoms with Crippen LogP contribution in [0.3, 0.4) is 0 Å². The molecule has 3 N–H and O–H groups in total. The Bertz CT molecular complexity index is 1740. The van der Waals surface area contributed by atoms with E-state index in [2.05, 4.69) is 34.4 Å². The van der Waals surface area contributed by atoms with Crippen LogP contribution >= 0.6 is 0 Å². The minimum Gasteiger partial charge on any atom is -0.445 e. The molecule has 5 aromatic rings. The molecule has 0 fully saturated rings. The third-order valence-electron chi connectivity index (χ3n) is 8.22. The largest absolute Gasteiger partial charge is 0.445 e. The van der Waals surface area contributed by atoms with Crippen molar-refractivity contribution in [2.24, 2.45) is 0 Å². The second-order valence-corrected chi connectivity index (χ2v) is 12.3. The van der Waals surface area contributed by atoms with Gasteiger partial charge in [-0.25, -0.2) is 9.78 Å². The van der Waals surface area contributed by atoms with Crippen LogP contribution in [0.1, 0.15) is 42.1 Å². The number of carbonyl (C=O) groups excluding carboxylic acids is 3. The van der Waals surface area contributed by atoms with E-state index in [0.29, 0.717) is 12.2 Å². The van der Waals surface area contributed by atoms with Crippen LogP contribution in [0.5, 0.6) is 0 Å². The average molecular weight is 644 g/mol. The van der Waals surface area contributed by atoms with Gasteiger partial charge in [-0.2, -0.15) is 0 Å². The van der Waals surface area contributed by atoms with E-state index in [4.69, 9.17) is 4.74 Å². The van der Waals surface area contributed by atoms with Crippen molar-refractivity contribution in [2.45, 2.75) is 38.3 Å². The number of ether oxygens (including phenoxy) is 1. The summed E-state index contributed by atoms with van der Waals surface area (Å²) < 4.78 is 5.38. The molecule has 0 aliphatic carbocycles. The highest BCUT2D eigenvalue weighted by Crippen LogP contribution is 2.23. The zero-order valence-corrected chi connectivity index (χ0v) is 27.3. The summed E-state index contributed by atoms with van der Waals surface area (Å²) in [6, 6.07) is 37.3. The maximum absolute atomic E-state index is 14.3. The summed E-state index contributed by atoms with van der Waals surface area (Å²) in [4.78, 5) is 49.0. The number of nitrogens with one attached hydrogen (secondary N) is 3. The zero-order valence-electron chi connectivity index (χ0n) is 27.3. The van der Waals surface area contributed by atoms with Gasteiger partial charge in [-0.15, -0.1) is 0 Å². The Balaban J connectivity index is 1.32. The predicted molar refractivity (Wildman–Crippen MR) is 186 cm³/mol. The molecule has 0 radical (unpaired) electrons. The van der Waals surface area contributed by atoms with E-state index in [1.165, 1.54) is 11.2 Å². The van der Waals surface area contributed by atoms with Crippen molar-refractivity contribution < 1.29 is 19.1 Å². The summed E-state index contributed by atoms with van der Waals surface area (Å²) in [5.41, 5.74) is 5.13. The first-order valence-electron chi connectivity index (χ1n) is 16.0. The van der Waals surface area contributed by atoms with E-state index < -0.39 is 12.0 Å². The maximum Gasteiger partial charge on any atom is 0.407 e. The molecule has 0 spiro atoms. The number of aromatic nitrogens is 2. The van der Waals surface area contributed by atoms with E-state index in [-0.39, 0.29) is 43.5 Å². The molecule has 0 aliphatic heterocycles. The molecule has 0 aliphatic rings. The highest BCUT2D eigenvalue weighted by molar-refractivity contribution is 5.89. The van der Waals surface area contributed by atoms with E-state index >= 15 is 0 Å². The van der Waals surface area contributed by atoms with Crippen LogP contribution in [0.15, 0.2) is 128 Å². The van der Waals surface area contributed by atoms with Gasteiger partial charge in [-0.1, -0.05) is 129 Å². The molecule has 3 amide bonds. The average Bonchev–Trinajstić information content (AvgIpc) is 3.66. The van der Waals surface area contributed by atoms with Gasteiger partial charge in [0.05, 0.1) is 18.8 Å². The van der Waals surface area contributed by atoms with Crippen molar-refractivity contribution in [3.05, 3.63) is 150 Å². The number of H-pyrrole nitrogens is 1. The SMILES string of the molecule is CC(C)(CNC(=O)CN(Cc1ccc(-c2ccccc2)cc1)C(=O)[C@@H](CNC(=O)OCc1ccccc1)c1cnc[nH]1)c1ccccc1. The predicted octanol–water partition coefficient (Wildman–Crippen LogP) is 6.21. The van der Waals surface area contributed by atoms with Crippen molar-refractivity contribution >= 4 is 17.9 Å². The van der Waals surface area contributed by atoms with Gasteiger partial charge in [0.15, 0.2) is 0 Å². The molecule has 4 aromatic carbocycles. The smallest absolute Gasteiger partial charge is 0.407 e. The molecule has 1 heterocycles. The van der Waals surface area contributed by atoms with E-state index in [0.717, 1.165) is 27.8 Å². The number of alkyl carbamates (subject to hydrolysis) is 1. The molecule has 48 heavy (non-hydrogen) atoms. The lowest BCUT2D eigenvalue weighted by atomic mass is 9.84. The highest BCUT2D eigenvalue weighted by Gasteiger charge is 2.30. The summed E-state index contributed by atoms with van der Waals surface area (Å²) in [5, 5.41) is 5.76. The molecule has 0 saturated carbocycles. The molecule has 9 nitrogen and oxygen atoms in total. The Kier molecular flexibility index (Phi) is 11.4. The Morgan fingerprint density at radius 3 is 2.06 bits per heavy atom. The van der Waals surface area contributed by atoms with Gasteiger partial charge in [-0.3, -0.25) is 9.59 Å². The summed E-state index contributed by atoms with van der Waals surface area (Å²) >= 11 is 0. The number of hydrogen-bond acceptors (Lipinski definition) is 5. The Morgan fingerprint density at radius 2 is 1.42 bits per heavy atom. The number of carbonyl (C=O) groups is 3. The standard InChI is InChI=1S/C39H41N5O4/c1-39(2,33-16-10-5-11-17-33)27-42-36(45)25-44(24-29-18-20-32(21-19-29)31-14-8-4-9-15-31)37(46)34(35-23-40-28-43-35)22-41-38(47)48-26-30-12-6-3-7-13-30/h3-21,23,28,34H,22,24-27H2,1-2H3,(H,40,43)(H,41,47)(H,42,45)/t34-/m0/s1. The number of hydrogen-bond donors (Lipinski definition) is 3. The monoisotopic (exact) mass is 643 g/mol. The maximum atomic E-state index is 14.3. The molecule has 0 unspecified atom stereocenters. The van der Waals surface area contributed by atoms with Crippen LogP contribution in [-0.4, -0.2) is 52.4 Å². The quantitative estimate of drug-likeness (QED) is 0.133. The first-order valence-corrected chi connectivity index (χ1v) is 16.0. The van der Waals surface area contributed by atoms with Crippen molar-refractivity contribution in [3.63, 3.8) is 0 Å². The minimum absolute atomic E-state index is 0.0548. The van der Waals surface area contributed by atoms with Gasteiger partial charge < -0.3 is 25.3 Å².